The van der Waals surface area contributed by atoms with Gasteiger partial charge >= 0.3 is 0 Å². The van der Waals surface area contributed by atoms with Crippen LogP contribution in [0.15, 0.2) is 24.3 Å². The van der Waals surface area contributed by atoms with Gasteiger partial charge in [0.1, 0.15) is 5.82 Å². The van der Waals surface area contributed by atoms with Crippen LogP contribution >= 0.6 is 0 Å². The molecule has 106 valence electrons. The van der Waals surface area contributed by atoms with E-state index in [0.29, 0.717) is 5.92 Å². The van der Waals surface area contributed by atoms with Crippen molar-refractivity contribution in [2.45, 2.75) is 51.9 Å². The lowest BCUT2D eigenvalue weighted by atomic mass is 9.87. The maximum atomic E-state index is 6.20. The Morgan fingerprint density at radius 1 is 1.10 bits per heavy atom. The average molecular weight is 269 g/mol. The van der Waals surface area contributed by atoms with Crippen LogP contribution < -0.4 is 5.73 Å². The lowest BCUT2D eigenvalue weighted by Crippen LogP contribution is -2.07. The molecule has 3 rings (SSSR count). The van der Waals surface area contributed by atoms with Crippen molar-refractivity contribution >= 4 is 5.82 Å². The summed E-state index contributed by atoms with van der Waals surface area (Å²) in [6.07, 6.45) is 6.51. The molecule has 1 aliphatic rings. The highest BCUT2D eigenvalue weighted by Crippen LogP contribution is 2.33. The van der Waals surface area contributed by atoms with E-state index in [0.717, 1.165) is 11.5 Å². The quantitative estimate of drug-likeness (QED) is 0.891. The van der Waals surface area contributed by atoms with Gasteiger partial charge in [-0.05, 0) is 43.9 Å². The molecule has 0 atom stereocenters. The van der Waals surface area contributed by atoms with Gasteiger partial charge in [-0.15, -0.1) is 0 Å². The summed E-state index contributed by atoms with van der Waals surface area (Å²) < 4.78 is 1.91. The van der Waals surface area contributed by atoms with Crippen molar-refractivity contribution in [2.75, 3.05) is 5.73 Å². The maximum absolute atomic E-state index is 6.20. The van der Waals surface area contributed by atoms with Crippen LogP contribution in [-0.2, 0) is 0 Å². The second kappa shape index (κ2) is 5.31. The SMILES string of the molecule is Cc1ccc(C)c(-n2nc(C3CCCCC3)cc2N)c1. The molecule has 2 N–H and O–H groups in total. The molecule has 3 heteroatoms. The first kappa shape index (κ1) is 13.2. The molecule has 1 aromatic carbocycles. The van der Waals surface area contributed by atoms with Gasteiger partial charge in [0, 0.05) is 12.0 Å². The molecule has 0 bridgehead atoms. The Labute approximate surface area is 120 Å². The standard InChI is InChI=1S/C17H23N3/c1-12-8-9-13(2)16(10-12)20-17(18)11-15(19-20)14-6-4-3-5-7-14/h8-11,14H,3-7,18H2,1-2H3. The third-order valence-corrected chi connectivity index (χ3v) is 4.37. The highest BCUT2D eigenvalue weighted by atomic mass is 15.3. The van der Waals surface area contributed by atoms with E-state index in [1.807, 2.05) is 4.68 Å². The average Bonchev–Trinajstić information content (AvgIpc) is 2.84. The van der Waals surface area contributed by atoms with Crippen molar-refractivity contribution in [3.8, 4) is 5.69 Å². The van der Waals surface area contributed by atoms with E-state index >= 15 is 0 Å². The molecule has 0 unspecified atom stereocenters. The second-order valence-corrected chi connectivity index (χ2v) is 6.03. The Morgan fingerprint density at radius 2 is 1.85 bits per heavy atom. The third-order valence-electron chi connectivity index (χ3n) is 4.37. The minimum absolute atomic E-state index is 0.595. The Kier molecular flexibility index (Phi) is 3.51. The molecule has 1 aromatic heterocycles. The van der Waals surface area contributed by atoms with Crippen molar-refractivity contribution in [1.82, 2.24) is 9.78 Å². The minimum atomic E-state index is 0.595. The van der Waals surface area contributed by atoms with Gasteiger partial charge in [-0.3, -0.25) is 0 Å². The normalized spacial score (nSPS) is 16.5. The fourth-order valence-electron chi connectivity index (χ4n) is 3.15. The van der Waals surface area contributed by atoms with Crippen molar-refractivity contribution in [1.29, 1.82) is 0 Å². The molecule has 3 nitrogen and oxygen atoms in total. The van der Waals surface area contributed by atoms with Gasteiger partial charge in [0.25, 0.3) is 0 Å². The first-order valence-corrected chi connectivity index (χ1v) is 7.58. The van der Waals surface area contributed by atoms with E-state index in [1.165, 1.54) is 48.9 Å². The van der Waals surface area contributed by atoms with Gasteiger partial charge in [-0.1, -0.05) is 31.4 Å². The van der Waals surface area contributed by atoms with E-state index in [9.17, 15) is 0 Å². The highest BCUT2D eigenvalue weighted by Gasteiger charge is 2.20. The monoisotopic (exact) mass is 269 g/mol. The molecular formula is C17H23N3. The zero-order valence-electron chi connectivity index (χ0n) is 12.4. The molecule has 20 heavy (non-hydrogen) atoms. The predicted molar refractivity (Wildman–Crippen MR) is 83.3 cm³/mol. The van der Waals surface area contributed by atoms with E-state index < -0.39 is 0 Å². The summed E-state index contributed by atoms with van der Waals surface area (Å²) in [5, 5.41) is 4.80. The molecule has 2 aromatic rings. The number of aromatic nitrogens is 2. The largest absolute Gasteiger partial charge is 0.384 e. The molecule has 0 aliphatic heterocycles. The maximum Gasteiger partial charge on any atom is 0.127 e. The smallest absolute Gasteiger partial charge is 0.127 e. The number of hydrogen-bond acceptors (Lipinski definition) is 2. The first-order chi connectivity index (χ1) is 9.65. The summed E-state index contributed by atoms with van der Waals surface area (Å²) in [5.74, 6) is 1.34. The Morgan fingerprint density at radius 3 is 2.60 bits per heavy atom. The van der Waals surface area contributed by atoms with Crippen LogP contribution in [0.4, 0.5) is 5.82 Å². The molecule has 0 saturated heterocycles. The molecule has 1 aliphatic carbocycles. The molecule has 0 radical (unpaired) electrons. The van der Waals surface area contributed by atoms with E-state index in [2.05, 4.69) is 38.1 Å². The van der Waals surface area contributed by atoms with Crippen molar-refractivity contribution in [3.63, 3.8) is 0 Å². The number of nitrogens with zero attached hydrogens (tertiary/aromatic N) is 2. The van der Waals surface area contributed by atoms with Crippen molar-refractivity contribution in [2.24, 2.45) is 0 Å². The minimum Gasteiger partial charge on any atom is -0.384 e. The Hall–Kier alpha value is -1.77. The van der Waals surface area contributed by atoms with Crippen LogP contribution in [0.25, 0.3) is 5.69 Å². The number of nitrogen functional groups attached to an aromatic ring is 1. The Balaban J connectivity index is 1.98. The van der Waals surface area contributed by atoms with Gasteiger partial charge in [0.15, 0.2) is 0 Å². The topological polar surface area (TPSA) is 43.8 Å². The van der Waals surface area contributed by atoms with Gasteiger partial charge in [0.05, 0.1) is 11.4 Å². The number of benzene rings is 1. The fraction of sp³-hybridized carbons (Fsp3) is 0.471. The van der Waals surface area contributed by atoms with Crippen LogP contribution in [0.5, 0.6) is 0 Å². The molecule has 1 saturated carbocycles. The fourth-order valence-corrected chi connectivity index (χ4v) is 3.15. The van der Waals surface area contributed by atoms with Crippen LogP contribution in [-0.4, -0.2) is 9.78 Å². The van der Waals surface area contributed by atoms with Crippen molar-refractivity contribution < 1.29 is 0 Å². The first-order valence-electron chi connectivity index (χ1n) is 7.58. The second-order valence-electron chi connectivity index (χ2n) is 6.03. The zero-order valence-corrected chi connectivity index (χ0v) is 12.4. The molecule has 1 fully saturated rings. The number of nitrogens with two attached hydrogens (primary N) is 1. The van der Waals surface area contributed by atoms with Crippen molar-refractivity contribution in [3.05, 3.63) is 41.1 Å². The number of rotatable bonds is 2. The van der Waals surface area contributed by atoms with Gasteiger partial charge in [-0.25, -0.2) is 4.68 Å². The van der Waals surface area contributed by atoms with Gasteiger partial charge in [-0.2, -0.15) is 5.10 Å². The lowest BCUT2D eigenvalue weighted by molar-refractivity contribution is 0.435. The molecule has 1 heterocycles. The van der Waals surface area contributed by atoms with Gasteiger partial charge < -0.3 is 5.73 Å². The van der Waals surface area contributed by atoms with Crippen LogP contribution in [0.2, 0.25) is 0 Å². The number of anilines is 1. The van der Waals surface area contributed by atoms with Crippen LogP contribution in [0, 0.1) is 13.8 Å². The van der Waals surface area contributed by atoms with Gasteiger partial charge in [0.2, 0.25) is 0 Å². The highest BCUT2D eigenvalue weighted by molar-refractivity contribution is 5.49. The van der Waals surface area contributed by atoms with E-state index in [-0.39, 0.29) is 0 Å². The number of hydrogen-bond donors (Lipinski definition) is 1. The molecule has 0 spiro atoms. The van der Waals surface area contributed by atoms with E-state index in [1.54, 1.807) is 0 Å². The summed E-state index contributed by atoms with van der Waals surface area (Å²) in [4.78, 5) is 0. The Bertz CT molecular complexity index is 607. The third kappa shape index (κ3) is 2.45. The zero-order chi connectivity index (χ0) is 14.1. The summed E-state index contributed by atoms with van der Waals surface area (Å²) in [6, 6.07) is 8.48. The summed E-state index contributed by atoms with van der Waals surface area (Å²) in [6.45, 7) is 4.21. The predicted octanol–water partition coefficient (Wildman–Crippen LogP) is 4.12. The summed E-state index contributed by atoms with van der Waals surface area (Å²) >= 11 is 0. The van der Waals surface area contributed by atoms with Crippen LogP contribution in [0.1, 0.15) is 54.8 Å². The van der Waals surface area contributed by atoms with E-state index in [4.69, 9.17) is 10.8 Å². The summed E-state index contributed by atoms with van der Waals surface area (Å²) in [7, 11) is 0. The molecular weight excluding hydrogens is 246 g/mol. The summed E-state index contributed by atoms with van der Waals surface area (Å²) in [5.41, 5.74) is 10.9. The number of aryl methyl sites for hydroxylation is 2. The lowest BCUT2D eigenvalue weighted by Gasteiger charge is -2.19. The molecule has 0 amide bonds. The van der Waals surface area contributed by atoms with Crippen LogP contribution in [0.3, 0.4) is 0 Å².